The smallest absolute Gasteiger partial charge is 0.346 e. The van der Waals surface area contributed by atoms with Crippen LogP contribution in [0.15, 0.2) is 211 Å². The Morgan fingerprint density at radius 2 is 0.493 bits per heavy atom. The lowest BCUT2D eigenvalue weighted by Gasteiger charge is -2.19. The van der Waals surface area contributed by atoms with Crippen molar-refractivity contribution in [3.63, 3.8) is 0 Å². The fraction of sp³-hybridized carbons (Fsp3) is 0.351. The van der Waals surface area contributed by atoms with Crippen molar-refractivity contribution in [2.24, 2.45) is 0 Å². The summed E-state index contributed by atoms with van der Waals surface area (Å²) in [6, 6.07) is 27.7. The van der Waals surface area contributed by atoms with Gasteiger partial charge in [-0.1, -0.05) is 93.6 Å². The lowest BCUT2D eigenvalue weighted by atomic mass is 10.1. The quantitative estimate of drug-likeness (QED) is 0.00879. The Labute approximate surface area is 803 Å². The van der Waals surface area contributed by atoms with Gasteiger partial charge in [-0.2, -0.15) is 0 Å². The molecular formula is C94H100N6O42. The number of esters is 14. The van der Waals surface area contributed by atoms with Gasteiger partial charge in [-0.05, 0) is 95.3 Å². The number of nitrogens with zero attached hydrogens (tertiary/aromatic N) is 6. The number of carbonyl (C=O) groups is 15. The van der Waals surface area contributed by atoms with Crippen LogP contribution in [0.3, 0.4) is 0 Å². The number of carboxylic acids is 1. The summed E-state index contributed by atoms with van der Waals surface area (Å²) in [4.78, 5) is 258. The molecule has 0 aliphatic carbocycles. The number of aromatic carboxylic acids is 1. The van der Waals surface area contributed by atoms with Crippen molar-refractivity contribution >= 4 is 89.5 Å². The molecule has 0 bridgehead atoms. The van der Waals surface area contributed by atoms with Gasteiger partial charge in [0.25, 0.3) is 0 Å². The average Bonchev–Trinajstić information content (AvgIpc) is 1.53. The Morgan fingerprint density at radius 3 is 0.704 bits per heavy atom. The maximum absolute atomic E-state index is 13.9. The molecule has 2 aromatic heterocycles. The number of hydrogen-bond donors (Lipinski definition) is 5. The molecule has 48 heteroatoms. The number of aliphatic hydroxyl groups excluding tert-OH is 4. The largest absolute Gasteiger partial charge is 0.478 e. The minimum atomic E-state index is -1.94. The molecule has 5 N–H and O–H groups in total. The van der Waals surface area contributed by atoms with E-state index < -0.39 is 201 Å². The lowest BCUT2D eigenvalue weighted by molar-refractivity contribution is -0.140. The Bertz CT molecular complexity index is 5800. The maximum Gasteiger partial charge on any atom is 0.346 e. The number of cyclic esters (lactones) is 2. The second-order valence-corrected chi connectivity index (χ2v) is 30.5. The number of carbonyl (C=O) groups excluding carboxylic acids is 14. The highest BCUT2D eigenvalue weighted by atomic mass is 16.6. The minimum absolute atomic E-state index is 0.0473. The average molecular weight is 1990 g/mol. The Balaban J connectivity index is 0.000000350. The van der Waals surface area contributed by atoms with Gasteiger partial charge in [0.15, 0.2) is 0 Å². The molecule has 0 spiro atoms. The molecule has 3 saturated heterocycles. The third-order valence-electron chi connectivity index (χ3n) is 18.8. The van der Waals surface area contributed by atoms with E-state index in [1.165, 1.54) is 125 Å². The van der Waals surface area contributed by atoms with Crippen LogP contribution in [-0.4, -0.2) is 285 Å². The predicted octanol–water partition coefficient (Wildman–Crippen LogP) is 0.778. The van der Waals surface area contributed by atoms with Crippen LogP contribution in [0.1, 0.15) is 138 Å². The number of epoxide rings is 3. The highest BCUT2D eigenvalue weighted by molar-refractivity contribution is 6.14. The second kappa shape index (κ2) is 55.3. The SMILES string of the molecule is C=C(C)C(=O)OCCO.C=C(C)C(=O)OCCOC(=O)c1ccccc1C(=O)O.C=C(C)C(=O)OCCOC(=O)c1ccccc1C(=O)OCC(O)Cn1c(=O)n(CC(O)COC(=O)c2ccccc2C(=O)OCCOC(=O)C(=C)C)c(=O)n(CC(O)COC(=O)c2ccccc2C(=O)OCCOC(=O)C(=C)C)c1=O.O=C1OC(=O)c2ccccc21.O=c1n(CC2CO2)c(=O)n(CC2CO2)c(=O)n1CC1CO1. The highest BCUT2D eigenvalue weighted by Gasteiger charge is 2.35. The Morgan fingerprint density at radius 1 is 0.303 bits per heavy atom. The summed E-state index contributed by atoms with van der Waals surface area (Å²) < 4.78 is 83.1. The molecule has 758 valence electrons. The monoisotopic (exact) mass is 1980 g/mol. The number of rotatable bonds is 45. The van der Waals surface area contributed by atoms with E-state index >= 15 is 0 Å². The Hall–Kier alpha value is -16.4. The summed E-state index contributed by atoms with van der Waals surface area (Å²) in [5, 5.41) is 50.3. The zero-order valence-electron chi connectivity index (χ0n) is 77.1. The first-order valence-electron chi connectivity index (χ1n) is 42.6. The maximum atomic E-state index is 13.9. The van der Waals surface area contributed by atoms with E-state index in [-0.39, 0.29) is 165 Å². The molecule has 4 aliphatic rings. The highest BCUT2D eigenvalue weighted by Crippen LogP contribution is 2.21. The molecule has 0 saturated carbocycles. The van der Waals surface area contributed by atoms with Gasteiger partial charge in [0.05, 0.1) is 140 Å². The number of aromatic nitrogens is 6. The van der Waals surface area contributed by atoms with E-state index in [1.54, 1.807) is 31.2 Å². The van der Waals surface area contributed by atoms with E-state index in [4.69, 9.17) is 76.5 Å². The van der Waals surface area contributed by atoms with Crippen molar-refractivity contribution < 1.29 is 173 Å². The number of ether oxygens (including phenoxy) is 16. The molecule has 11 rings (SSSR count). The standard InChI is InChI=1S/C54H57N3O24.C14H14O6.C12H15N3O6.C8H4O3.C6H10O3/c1-31(2)43(61)73-19-22-76-46(64)37-13-7-10-16-40(37)49(67)79-28-34(58)25-55-52(70)56(26-35(59)29-80-50(68)41-17-11-8-14-38(41)47(65)77-23-20-74-44(62)32(3)4)54(72)57(53(55)71)27-36(60)30-81-51(69)42-18-12-9-15-39(42)48(66)78-24-21-75-45(63)33(5)6;1-9(2)13(17)19-7-8-20-14(18)11-6-4-3-5-10(11)12(15)16;16-10-13(1-7-4-19-7)11(17)15(3-9-6-21-9)12(18)14(10)2-8-5-20-8;9-7-5-3-1-2-4-6(5)8(10)11-7;1-5(2)6(8)9-4-3-7/h7-18,34-36,58-60H,1,3,5,19-30H2,2,4,6H3;3-6H,1,7-8H2,2H3,(H,15,16);7-9H,1-6H2;1-4H;7H,1,3-4H2,2H3. The van der Waals surface area contributed by atoms with Gasteiger partial charge >= 0.3 is 124 Å². The van der Waals surface area contributed by atoms with Crippen molar-refractivity contribution in [3.8, 4) is 0 Å². The normalized spacial score (nSPS) is 14.1. The van der Waals surface area contributed by atoms with Crippen LogP contribution in [0.25, 0.3) is 0 Å². The van der Waals surface area contributed by atoms with E-state index in [0.717, 1.165) is 13.7 Å². The van der Waals surface area contributed by atoms with Crippen molar-refractivity contribution in [1.29, 1.82) is 0 Å². The summed E-state index contributed by atoms with van der Waals surface area (Å²) in [5.41, 5.74) is -6.77. The molecule has 142 heavy (non-hydrogen) atoms. The molecule has 4 aliphatic heterocycles. The van der Waals surface area contributed by atoms with Crippen LogP contribution in [0.5, 0.6) is 0 Å². The molecule has 6 heterocycles. The van der Waals surface area contributed by atoms with Crippen molar-refractivity contribution in [2.45, 2.75) is 111 Å². The van der Waals surface area contributed by atoms with Gasteiger partial charge in [0, 0.05) is 27.9 Å². The summed E-state index contributed by atoms with van der Waals surface area (Å²) in [6.07, 6.45) is -6.17. The number of aliphatic hydroxyl groups is 4. The molecule has 5 aromatic carbocycles. The van der Waals surface area contributed by atoms with Crippen LogP contribution < -0.4 is 34.1 Å². The van der Waals surface area contributed by atoms with Gasteiger partial charge in [-0.25, -0.2) is 128 Å². The van der Waals surface area contributed by atoms with Crippen LogP contribution in [0.2, 0.25) is 0 Å². The third kappa shape index (κ3) is 34.9. The fourth-order valence-corrected chi connectivity index (χ4v) is 11.5. The van der Waals surface area contributed by atoms with E-state index in [9.17, 15) is 116 Å². The molecule has 6 unspecified atom stereocenters. The lowest BCUT2D eigenvalue weighted by Crippen LogP contribution is -2.57. The number of carboxylic acid groups (broad SMARTS) is 1. The van der Waals surface area contributed by atoms with Gasteiger partial charge in [-0.15, -0.1) is 0 Å². The number of benzene rings is 5. The summed E-state index contributed by atoms with van der Waals surface area (Å²) in [6.45, 7) is 17.8. The third-order valence-corrected chi connectivity index (χ3v) is 18.8. The van der Waals surface area contributed by atoms with Gasteiger partial charge in [0.1, 0.15) is 97.6 Å². The van der Waals surface area contributed by atoms with Crippen molar-refractivity contribution in [1.82, 2.24) is 27.4 Å². The summed E-state index contributed by atoms with van der Waals surface area (Å²) in [7, 11) is 0. The Kier molecular flexibility index (Phi) is 43.8. The summed E-state index contributed by atoms with van der Waals surface area (Å²) >= 11 is 0. The zero-order chi connectivity index (χ0) is 105. The molecule has 7 aromatic rings. The molecule has 3 fully saturated rings. The van der Waals surface area contributed by atoms with Gasteiger partial charge in [0.2, 0.25) is 0 Å². The van der Waals surface area contributed by atoms with Crippen molar-refractivity contribution in [2.75, 3.05) is 106 Å². The first-order valence-corrected chi connectivity index (χ1v) is 42.6. The van der Waals surface area contributed by atoms with E-state index in [1.807, 2.05) is 0 Å². The molecular weight excluding hydrogens is 1890 g/mol. The van der Waals surface area contributed by atoms with E-state index in [0.29, 0.717) is 36.5 Å². The first kappa shape index (κ1) is 113. The summed E-state index contributed by atoms with van der Waals surface area (Å²) in [5.74, 6) is -13.0. The fourth-order valence-electron chi connectivity index (χ4n) is 11.5. The topological polar surface area (TPSA) is 647 Å². The molecule has 48 nitrogen and oxygen atoms in total. The van der Waals surface area contributed by atoms with Crippen LogP contribution >= 0.6 is 0 Å². The van der Waals surface area contributed by atoms with E-state index in [2.05, 4.69) is 42.4 Å². The predicted molar refractivity (Wildman–Crippen MR) is 483 cm³/mol. The zero-order valence-corrected chi connectivity index (χ0v) is 77.1. The van der Waals surface area contributed by atoms with Gasteiger partial charge in [-0.3, -0.25) is 0 Å². The van der Waals surface area contributed by atoms with Crippen molar-refractivity contribution in [3.05, 3.63) is 301 Å². The minimum Gasteiger partial charge on any atom is -0.478 e. The van der Waals surface area contributed by atoms with Crippen LogP contribution in [-0.2, 0) is 139 Å². The molecule has 6 atom stereocenters. The van der Waals surface area contributed by atoms with Gasteiger partial charge < -0.3 is 101 Å². The van der Waals surface area contributed by atoms with Crippen LogP contribution in [0.4, 0.5) is 0 Å². The number of hydrogen-bond acceptors (Lipinski definition) is 41. The van der Waals surface area contributed by atoms with Crippen LogP contribution in [0, 0.1) is 0 Å². The second-order valence-electron chi connectivity index (χ2n) is 30.5. The molecule has 0 radical (unpaired) electrons. The first-order chi connectivity index (χ1) is 67.5. The number of fused-ring (bicyclic) bond motifs is 1. The molecule has 0 amide bonds.